The Morgan fingerprint density at radius 3 is 2.62 bits per heavy atom. The van der Waals surface area contributed by atoms with Gasteiger partial charge >= 0.3 is 5.72 Å². The molecule has 3 heterocycles. The van der Waals surface area contributed by atoms with Crippen molar-refractivity contribution < 1.29 is 14.3 Å². The molecule has 3 aliphatic heterocycles. The predicted octanol–water partition coefficient (Wildman–Crippen LogP) is 5.35. The van der Waals surface area contributed by atoms with Gasteiger partial charge in [-0.2, -0.15) is 5.10 Å². The number of nitrogens with one attached hydrogen (secondary N) is 1. The van der Waals surface area contributed by atoms with E-state index >= 15 is 0 Å². The molecular formula is C24H17Cl2N3O3. The van der Waals surface area contributed by atoms with Gasteiger partial charge in [0.2, 0.25) is 0 Å². The second kappa shape index (κ2) is 6.89. The largest absolute Gasteiger partial charge is 0.497 e. The number of hydrogen-bond acceptors (Lipinski definition) is 5. The van der Waals surface area contributed by atoms with Crippen molar-refractivity contribution in [3.05, 3.63) is 87.4 Å². The first-order valence-electron chi connectivity index (χ1n) is 10.1. The maximum atomic E-state index is 13.4. The van der Waals surface area contributed by atoms with Crippen LogP contribution in [0, 0.1) is 0 Å². The van der Waals surface area contributed by atoms with Crippen LogP contribution in [0.3, 0.4) is 0 Å². The standard InChI is InChI=1S/C24H17Cl2N3O3/c1-31-16-6-2-13(3-7-16)20-12-21-17-10-14(25)5-9-22(17)32-24(29(21)28-20)18-11-15(26)4-8-19(18)27-23(24)30/h2-11,21H,12H2,1H3,(H,27,30)/t21-,24+/m0/s1. The second-order valence-corrected chi connectivity index (χ2v) is 8.78. The van der Waals surface area contributed by atoms with Crippen LogP contribution in [0.4, 0.5) is 5.69 Å². The third-order valence-corrected chi connectivity index (χ3v) is 6.62. The molecular weight excluding hydrogens is 449 g/mol. The Morgan fingerprint density at radius 2 is 1.84 bits per heavy atom. The van der Waals surface area contributed by atoms with E-state index in [2.05, 4.69) is 5.32 Å². The van der Waals surface area contributed by atoms with E-state index in [-0.39, 0.29) is 11.9 Å². The molecule has 1 amide bonds. The molecule has 0 saturated carbocycles. The molecule has 32 heavy (non-hydrogen) atoms. The summed E-state index contributed by atoms with van der Waals surface area (Å²) >= 11 is 12.6. The van der Waals surface area contributed by atoms with Crippen molar-refractivity contribution in [3.8, 4) is 11.5 Å². The highest BCUT2D eigenvalue weighted by molar-refractivity contribution is 6.31. The van der Waals surface area contributed by atoms with Gasteiger partial charge in [0, 0.05) is 22.0 Å². The van der Waals surface area contributed by atoms with E-state index in [1.54, 1.807) is 42.5 Å². The van der Waals surface area contributed by atoms with E-state index in [0.29, 0.717) is 33.5 Å². The summed E-state index contributed by atoms with van der Waals surface area (Å²) in [6, 6.07) is 18.2. The number of ether oxygens (including phenoxy) is 2. The number of carbonyl (C=O) groups is 1. The van der Waals surface area contributed by atoms with Gasteiger partial charge in [0.1, 0.15) is 11.5 Å². The number of hydrogen-bond donors (Lipinski definition) is 1. The number of carbonyl (C=O) groups excluding carboxylic acids is 1. The molecule has 6 rings (SSSR count). The van der Waals surface area contributed by atoms with E-state index in [4.69, 9.17) is 37.8 Å². The van der Waals surface area contributed by atoms with E-state index < -0.39 is 5.72 Å². The van der Waals surface area contributed by atoms with Crippen LogP contribution in [0.5, 0.6) is 11.5 Å². The van der Waals surface area contributed by atoms with Crippen molar-refractivity contribution in [1.29, 1.82) is 0 Å². The first-order valence-corrected chi connectivity index (χ1v) is 10.9. The molecule has 2 atom stereocenters. The Bertz CT molecular complexity index is 1310. The minimum atomic E-state index is -1.46. The van der Waals surface area contributed by atoms with Crippen LogP contribution in [0.2, 0.25) is 10.0 Å². The number of methoxy groups -OCH3 is 1. The average molecular weight is 466 g/mol. The molecule has 3 aliphatic rings. The second-order valence-electron chi connectivity index (χ2n) is 7.91. The third kappa shape index (κ3) is 2.66. The predicted molar refractivity (Wildman–Crippen MR) is 123 cm³/mol. The third-order valence-electron chi connectivity index (χ3n) is 6.15. The van der Waals surface area contributed by atoms with Crippen LogP contribution < -0.4 is 14.8 Å². The number of nitrogens with zero attached hydrogens (tertiary/aromatic N) is 2. The van der Waals surface area contributed by atoms with Crippen molar-refractivity contribution in [2.75, 3.05) is 12.4 Å². The maximum absolute atomic E-state index is 13.4. The van der Waals surface area contributed by atoms with Gasteiger partial charge in [-0.25, -0.2) is 5.01 Å². The fraction of sp³-hybridized carbons (Fsp3) is 0.167. The smallest absolute Gasteiger partial charge is 0.306 e. The highest BCUT2D eigenvalue weighted by Crippen LogP contribution is 2.54. The summed E-state index contributed by atoms with van der Waals surface area (Å²) in [7, 11) is 1.63. The average Bonchev–Trinajstić information content (AvgIpc) is 3.36. The molecule has 0 unspecified atom stereocenters. The molecule has 8 heteroatoms. The topological polar surface area (TPSA) is 63.2 Å². The number of fused-ring (bicyclic) bond motifs is 6. The molecule has 3 aromatic carbocycles. The van der Waals surface area contributed by atoms with Gasteiger partial charge in [-0.05, 0) is 66.2 Å². The number of amides is 1. The van der Waals surface area contributed by atoms with Crippen LogP contribution in [0.25, 0.3) is 0 Å². The summed E-state index contributed by atoms with van der Waals surface area (Å²) in [5.74, 6) is 1.06. The zero-order valence-electron chi connectivity index (χ0n) is 16.9. The monoisotopic (exact) mass is 465 g/mol. The van der Waals surface area contributed by atoms with Crippen LogP contribution >= 0.6 is 23.2 Å². The van der Waals surface area contributed by atoms with Gasteiger partial charge in [0.05, 0.1) is 30.1 Å². The van der Waals surface area contributed by atoms with E-state index in [9.17, 15) is 4.79 Å². The Labute approximate surface area is 194 Å². The zero-order valence-corrected chi connectivity index (χ0v) is 18.4. The zero-order chi connectivity index (χ0) is 22.0. The van der Waals surface area contributed by atoms with E-state index in [1.807, 2.05) is 30.3 Å². The normalized spacial score (nSPS) is 22.6. The van der Waals surface area contributed by atoms with E-state index in [0.717, 1.165) is 22.6 Å². The summed E-state index contributed by atoms with van der Waals surface area (Å²) < 4.78 is 11.7. The van der Waals surface area contributed by atoms with Crippen LogP contribution in [0.1, 0.15) is 29.2 Å². The van der Waals surface area contributed by atoms with Gasteiger partial charge in [-0.15, -0.1) is 0 Å². The maximum Gasteiger partial charge on any atom is 0.306 e. The molecule has 0 saturated heterocycles. The molecule has 6 nitrogen and oxygen atoms in total. The Morgan fingerprint density at radius 1 is 1.09 bits per heavy atom. The summed E-state index contributed by atoms with van der Waals surface area (Å²) in [6.45, 7) is 0. The van der Waals surface area contributed by atoms with E-state index in [1.165, 1.54) is 0 Å². The lowest BCUT2D eigenvalue weighted by Crippen LogP contribution is -2.55. The number of hydrazone groups is 1. The first kappa shape index (κ1) is 19.5. The highest BCUT2D eigenvalue weighted by Gasteiger charge is 2.61. The first-order chi connectivity index (χ1) is 15.5. The van der Waals surface area contributed by atoms with Gasteiger partial charge in [0.25, 0.3) is 5.91 Å². The summed E-state index contributed by atoms with van der Waals surface area (Å²) in [6.07, 6.45) is 0.591. The van der Waals surface area contributed by atoms with Crippen molar-refractivity contribution in [2.45, 2.75) is 18.2 Å². The Kier molecular flexibility index (Phi) is 4.19. The lowest BCUT2D eigenvalue weighted by Gasteiger charge is -2.44. The number of anilines is 1. The quantitative estimate of drug-likeness (QED) is 0.553. The van der Waals surface area contributed by atoms with Crippen LogP contribution in [-0.2, 0) is 10.5 Å². The summed E-state index contributed by atoms with van der Waals surface area (Å²) in [4.78, 5) is 13.4. The van der Waals surface area contributed by atoms with Crippen molar-refractivity contribution >= 4 is 40.5 Å². The lowest BCUT2D eigenvalue weighted by atomic mass is 9.92. The minimum absolute atomic E-state index is 0.231. The van der Waals surface area contributed by atoms with Crippen molar-refractivity contribution in [3.63, 3.8) is 0 Å². The van der Waals surface area contributed by atoms with Gasteiger partial charge < -0.3 is 14.8 Å². The van der Waals surface area contributed by atoms with Gasteiger partial charge in [-0.3, -0.25) is 4.79 Å². The molecule has 0 fully saturated rings. The van der Waals surface area contributed by atoms with Crippen LogP contribution in [-0.4, -0.2) is 23.7 Å². The summed E-state index contributed by atoms with van der Waals surface area (Å²) in [5, 5.41) is 10.7. The fourth-order valence-electron chi connectivity index (χ4n) is 4.64. The number of rotatable bonds is 2. The Balaban J connectivity index is 1.55. The highest BCUT2D eigenvalue weighted by atomic mass is 35.5. The molecule has 0 radical (unpaired) electrons. The number of halogens is 2. The summed E-state index contributed by atoms with van der Waals surface area (Å²) in [5.41, 5.74) is 2.52. The lowest BCUT2D eigenvalue weighted by molar-refractivity contribution is -0.161. The number of benzene rings is 3. The van der Waals surface area contributed by atoms with Gasteiger partial charge in [0.15, 0.2) is 0 Å². The molecule has 0 aromatic heterocycles. The molecule has 0 aliphatic carbocycles. The van der Waals surface area contributed by atoms with Crippen LogP contribution in [0.15, 0.2) is 65.8 Å². The Hall–Kier alpha value is -3.22. The molecule has 1 spiro atoms. The molecule has 160 valence electrons. The SMILES string of the molecule is COc1ccc(C2=NN3[C@@H](C2)c2cc(Cl)ccc2O[C@]32C(=O)Nc3ccc(Cl)cc32)cc1. The fourth-order valence-corrected chi connectivity index (χ4v) is 5.00. The van der Waals surface area contributed by atoms with Crippen molar-refractivity contribution in [1.82, 2.24) is 5.01 Å². The molecule has 0 bridgehead atoms. The molecule has 3 aromatic rings. The van der Waals surface area contributed by atoms with Crippen molar-refractivity contribution in [2.24, 2.45) is 5.10 Å². The minimum Gasteiger partial charge on any atom is -0.497 e. The van der Waals surface area contributed by atoms with Gasteiger partial charge in [-0.1, -0.05) is 23.2 Å². The molecule has 1 N–H and O–H groups in total.